The maximum Gasteiger partial charge on any atom is 0.343 e. The minimum atomic E-state index is -0.512. The fraction of sp³-hybridized carbons (Fsp3) is 0.200. The third-order valence-corrected chi connectivity index (χ3v) is 4.28. The van der Waals surface area contributed by atoms with Crippen molar-refractivity contribution in [2.24, 2.45) is 0 Å². The average Bonchev–Trinajstić information content (AvgIpc) is 2.83. The summed E-state index contributed by atoms with van der Waals surface area (Å²) in [6.07, 6.45) is 0. The van der Waals surface area contributed by atoms with Gasteiger partial charge in [-0.3, -0.25) is 0 Å². The van der Waals surface area contributed by atoms with E-state index in [1.54, 1.807) is 31.4 Å². The quantitative estimate of drug-likeness (QED) is 0.254. The minimum absolute atomic E-state index is 0.121. The normalized spacial score (nSPS) is 10.3. The van der Waals surface area contributed by atoms with E-state index >= 15 is 0 Å². The lowest BCUT2D eigenvalue weighted by Gasteiger charge is -2.09. The molecular weight excluding hydrogens is 412 g/mol. The van der Waals surface area contributed by atoms with Gasteiger partial charge in [-0.05, 0) is 60.7 Å². The fourth-order valence-corrected chi connectivity index (χ4v) is 2.65. The fourth-order valence-electron chi connectivity index (χ4n) is 2.65. The van der Waals surface area contributed by atoms with Crippen molar-refractivity contribution in [3.63, 3.8) is 0 Å². The molecule has 0 aliphatic heterocycles. The molecule has 32 heavy (non-hydrogen) atoms. The number of methoxy groups -OCH3 is 1. The molecule has 0 N–H and O–H groups in total. The van der Waals surface area contributed by atoms with Crippen molar-refractivity contribution in [1.82, 2.24) is 0 Å². The molecule has 0 aliphatic carbocycles. The van der Waals surface area contributed by atoms with Gasteiger partial charge < -0.3 is 23.7 Å². The van der Waals surface area contributed by atoms with Crippen LogP contribution in [0.2, 0.25) is 0 Å². The molecule has 166 valence electrons. The molecule has 0 fully saturated rings. The summed E-state index contributed by atoms with van der Waals surface area (Å²) in [6.45, 7) is 1.28. The summed E-state index contributed by atoms with van der Waals surface area (Å²) < 4.78 is 26.4. The van der Waals surface area contributed by atoms with Crippen molar-refractivity contribution >= 4 is 11.9 Å². The third-order valence-electron chi connectivity index (χ3n) is 4.28. The Morgan fingerprint density at radius 2 is 1.12 bits per heavy atom. The molecule has 7 heteroatoms. The van der Waals surface area contributed by atoms with Crippen LogP contribution in [0.15, 0.2) is 78.9 Å². The lowest BCUT2D eigenvalue weighted by Crippen LogP contribution is -2.12. The largest absolute Gasteiger partial charge is 0.491 e. The van der Waals surface area contributed by atoms with E-state index in [1.807, 2.05) is 30.3 Å². The molecule has 0 bridgehead atoms. The van der Waals surface area contributed by atoms with Crippen LogP contribution < -0.4 is 14.2 Å². The molecule has 0 spiro atoms. The van der Waals surface area contributed by atoms with Crippen molar-refractivity contribution in [3.05, 3.63) is 90.0 Å². The van der Waals surface area contributed by atoms with Crippen LogP contribution in [-0.4, -0.2) is 45.5 Å². The van der Waals surface area contributed by atoms with Gasteiger partial charge in [-0.15, -0.1) is 0 Å². The van der Waals surface area contributed by atoms with Gasteiger partial charge in [-0.1, -0.05) is 18.2 Å². The predicted octanol–water partition coefficient (Wildman–Crippen LogP) is 4.17. The van der Waals surface area contributed by atoms with Crippen LogP contribution in [-0.2, 0) is 9.47 Å². The molecular formula is C25H24O7. The third kappa shape index (κ3) is 7.14. The summed E-state index contributed by atoms with van der Waals surface area (Å²) in [5.74, 6) is 0.670. The highest BCUT2D eigenvalue weighted by atomic mass is 16.6. The highest BCUT2D eigenvalue weighted by Crippen LogP contribution is 2.17. The molecule has 0 saturated heterocycles. The number of rotatable bonds is 11. The Balaban J connectivity index is 1.44. The first-order chi connectivity index (χ1) is 15.7. The van der Waals surface area contributed by atoms with Gasteiger partial charge in [0.15, 0.2) is 0 Å². The van der Waals surface area contributed by atoms with Gasteiger partial charge in [-0.2, -0.15) is 0 Å². The number of benzene rings is 3. The van der Waals surface area contributed by atoms with Gasteiger partial charge in [-0.25, -0.2) is 9.59 Å². The SMILES string of the molecule is COCCOc1ccc(C(=O)Oc2ccc(C(=O)OCCOc3ccccc3)cc2)cc1. The first-order valence-electron chi connectivity index (χ1n) is 10.0. The Morgan fingerprint density at radius 3 is 1.75 bits per heavy atom. The van der Waals surface area contributed by atoms with E-state index in [1.165, 1.54) is 24.3 Å². The van der Waals surface area contributed by atoms with Crippen LogP contribution in [0, 0.1) is 0 Å². The maximum atomic E-state index is 12.3. The van der Waals surface area contributed by atoms with Crippen molar-refractivity contribution in [1.29, 1.82) is 0 Å². The first-order valence-corrected chi connectivity index (χ1v) is 10.0. The number of para-hydroxylation sites is 1. The van der Waals surface area contributed by atoms with Gasteiger partial charge in [0, 0.05) is 7.11 Å². The summed E-state index contributed by atoms with van der Waals surface area (Å²) in [5.41, 5.74) is 0.730. The zero-order valence-corrected chi connectivity index (χ0v) is 17.7. The molecule has 3 aromatic carbocycles. The van der Waals surface area contributed by atoms with E-state index in [2.05, 4.69) is 0 Å². The highest BCUT2D eigenvalue weighted by molar-refractivity contribution is 5.92. The number of esters is 2. The summed E-state index contributed by atoms with van der Waals surface area (Å²) in [7, 11) is 1.60. The van der Waals surface area contributed by atoms with Crippen molar-refractivity contribution < 1.29 is 33.3 Å². The Morgan fingerprint density at radius 1 is 0.594 bits per heavy atom. The van der Waals surface area contributed by atoms with Gasteiger partial charge in [0.2, 0.25) is 0 Å². The van der Waals surface area contributed by atoms with Crippen LogP contribution in [0.5, 0.6) is 17.2 Å². The van der Waals surface area contributed by atoms with Crippen molar-refractivity contribution in [3.8, 4) is 17.2 Å². The number of hydrogen-bond acceptors (Lipinski definition) is 7. The summed E-state index contributed by atoms with van der Waals surface area (Å²) in [6, 6.07) is 22.0. The average molecular weight is 436 g/mol. The lowest BCUT2D eigenvalue weighted by atomic mass is 10.2. The van der Waals surface area contributed by atoms with Gasteiger partial charge in [0.05, 0.1) is 17.7 Å². The van der Waals surface area contributed by atoms with Gasteiger partial charge in [0.1, 0.15) is 37.1 Å². The number of hydrogen-bond donors (Lipinski definition) is 0. The molecule has 0 saturated carbocycles. The molecule has 3 rings (SSSR count). The Kier molecular flexibility index (Phi) is 8.65. The molecule has 3 aromatic rings. The monoisotopic (exact) mass is 436 g/mol. The molecule has 0 heterocycles. The van der Waals surface area contributed by atoms with E-state index in [0.29, 0.717) is 41.6 Å². The molecule has 0 unspecified atom stereocenters. The summed E-state index contributed by atoms with van der Waals surface area (Å²) in [4.78, 5) is 24.4. The van der Waals surface area contributed by atoms with Crippen LogP contribution in [0.1, 0.15) is 20.7 Å². The van der Waals surface area contributed by atoms with Crippen LogP contribution in [0.3, 0.4) is 0 Å². The summed E-state index contributed by atoms with van der Waals surface area (Å²) in [5, 5.41) is 0. The van der Waals surface area contributed by atoms with Crippen molar-refractivity contribution in [2.75, 3.05) is 33.5 Å². The zero-order chi connectivity index (χ0) is 22.6. The topological polar surface area (TPSA) is 80.3 Å². The second kappa shape index (κ2) is 12.1. The second-order valence-corrected chi connectivity index (χ2v) is 6.58. The predicted molar refractivity (Wildman–Crippen MR) is 117 cm³/mol. The molecule has 0 aliphatic rings. The van der Waals surface area contributed by atoms with Crippen LogP contribution >= 0.6 is 0 Å². The van der Waals surface area contributed by atoms with Crippen molar-refractivity contribution in [2.45, 2.75) is 0 Å². The molecule has 7 nitrogen and oxygen atoms in total. The van der Waals surface area contributed by atoms with Gasteiger partial charge >= 0.3 is 11.9 Å². The smallest absolute Gasteiger partial charge is 0.343 e. The zero-order valence-electron chi connectivity index (χ0n) is 17.7. The molecule has 0 radical (unpaired) electrons. The Hall–Kier alpha value is -3.84. The van der Waals surface area contributed by atoms with Crippen LogP contribution in [0.25, 0.3) is 0 Å². The second-order valence-electron chi connectivity index (χ2n) is 6.58. The minimum Gasteiger partial charge on any atom is -0.491 e. The lowest BCUT2D eigenvalue weighted by molar-refractivity contribution is 0.0450. The van der Waals surface area contributed by atoms with E-state index in [-0.39, 0.29) is 13.2 Å². The van der Waals surface area contributed by atoms with E-state index in [9.17, 15) is 9.59 Å². The number of carbonyl (C=O) groups excluding carboxylic acids is 2. The highest BCUT2D eigenvalue weighted by Gasteiger charge is 2.11. The molecule has 0 atom stereocenters. The van der Waals surface area contributed by atoms with E-state index in [0.717, 1.165) is 0 Å². The molecule has 0 aromatic heterocycles. The van der Waals surface area contributed by atoms with Crippen LogP contribution in [0.4, 0.5) is 0 Å². The number of ether oxygens (including phenoxy) is 5. The van der Waals surface area contributed by atoms with E-state index < -0.39 is 11.9 Å². The summed E-state index contributed by atoms with van der Waals surface area (Å²) >= 11 is 0. The Labute approximate surface area is 186 Å². The van der Waals surface area contributed by atoms with Gasteiger partial charge in [0.25, 0.3) is 0 Å². The standard InChI is InChI=1S/C25H24O7/c1-28-15-16-29-22-11-7-20(8-12-22)25(27)32-23-13-9-19(10-14-23)24(26)31-18-17-30-21-5-3-2-4-6-21/h2-14H,15-18H2,1H3. The maximum absolute atomic E-state index is 12.3. The Bertz CT molecular complexity index is 983. The molecule has 0 amide bonds. The van der Waals surface area contributed by atoms with E-state index in [4.69, 9.17) is 23.7 Å². The number of carbonyl (C=O) groups is 2. The first kappa shape index (κ1) is 22.8.